The highest BCUT2D eigenvalue weighted by Gasteiger charge is 2.53. The number of hydrogen-bond donors (Lipinski definition) is 1. The molecular weight excluding hydrogens is 238 g/mol. The van der Waals surface area contributed by atoms with Crippen molar-refractivity contribution >= 4 is 12.1 Å². The second kappa shape index (κ2) is 4.12. The normalized spacial score (nSPS) is 25.9. The Morgan fingerprint density at radius 1 is 1.39 bits per heavy atom. The van der Waals surface area contributed by atoms with Crippen LogP contribution in [0.15, 0.2) is 0 Å². The van der Waals surface area contributed by atoms with Crippen molar-refractivity contribution in [2.45, 2.75) is 50.9 Å². The van der Waals surface area contributed by atoms with Crippen LogP contribution in [0.4, 0.5) is 4.79 Å². The molecule has 102 valence electrons. The molecule has 18 heavy (non-hydrogen) atoms. The van der Waals surface area contributed by atoms with Gasteiger partial charge in [0.25, 0.3) is 0 Å². The average molecular weight is 257 g/mol. The largest absolute Gasteiger partial charge is 0.479 e. The van der Waals surface area contributed by atoms with Gasteiger partial charge in [0.2, 0.25) is 0 Å². The summed E-state index contributed by atoms with van der Waals surface area (Å²) >= 11 is 0. The van der Waals surface area contributed by atoms with Gasteiger partial charge in [0.05, 0.1) is 13.1 Å². The van der Waals surface area contributed by atoms with Gasteiger partial charge in [-0.05, 0) is 33.6 Å². The second-order valence-corrected chi connectivity index (χ2v) is 6.00. The topological polar surface area (TPSA) is 76.1 Å². The van der Waals surface area contributed by atoms with Crippen LogP contribution in [0.2, 0.25) is 0 Å². The molecule has 2 aliphatic heterocycles. The highest BCUT2D eigenvalue weighted by molar-refractivity contribution is 5.73. The van der Waals surface area contributed by atoms with Gasteiger partial charge in [-0.25, -0.2) is 9.59 Å². The maximum atomic E-state index is 11.7. The molecule has 2 aliphatic rings. The number of rotatable bonds is 1. The molecule has 2 saturated heterocycles. The Bertz CT molecular complexity index is 367. The van der Waals surface area contributed by atoms with Crippen molar-refractivity contribution in [1.29, 1.82) is 0 Å². The van der Waals surface area contributed by atoms with Gasteiger partial charge in [0, 0.05) is 0 Å². The van der Waals surface area contributed by atoms with Crippen molar-refractivity contribution in [1.82, 2.24) is 4.90 Å². The summed E-state index contributed by atoms with van der Waals surface area (Å²) in [5.74, 6) is -0.928. The van der Waals surface area contributed by atoms with Crippen molar-refractivity contribution in [2.75, 3.05) is 13.1 Å². The van der Waals surface area contributed by atoms with Crippen LogP contribution in [0.5, 0.6) is 0 Å². The van der Waals surface area contributed by atoms with Gasteiger partial charge in [-0.1, -0.05) is 0 Å². The molecule has 1 spiro atoms. The average Bonchev–Trinajstić information content (AvgIpc) is 2.56. The minimum absolute atomic E-state index is 0.365. The predicted octanol–water partition coefficient (Wildman–Crippen LogP) is 1.24. The van der Waals surface area contributed by atoms with Crippen molar-refractivity contribution in [3.63, 3.8) is 0 Å². The van der Waals surface area contributed by atoms with E-state index in [1.54, 1.807) is 4.90 Å². The third-order valence-electron chi connectivity index (χ3n) is 3.14. The van der Waals surface area contributed by atoms with E-state index in [2.05, 4.69) is 0 Å². The SMILES string of the molecule is CC(C)(C)OC(=O)N1CC2(CC[C@@H](C(=O)O)O2)C1. The molecule has 1 N–H and O–H groups in total. The molecule has 0 aromatic heterocycles. The number of carbonyl (C=O) groups excluding carboxylic acids is 1. The molecule has 2 fully saturated rings. The van der Waals surface area contributed by atoms with Crippen molar-refractivity contribution in [2.24, 2.45) is 0 Å². The Balaban J connectivity index is 1.84. The van der Waals surface area contributed by atoms with E-state index in [0.717, 1.165) is 0 Å². The molecule has 0 aliphatic carbocycles. The lowest BCUT2D eigenvalue weighted by molar-refractivity contribution is -0.167. The van der Waals surface area contributed by atoms with Gasteiger partial charge < -0.3 is 19.5 Å². The van der Waals surface area contributed by atoms with Gasteiger partial charge in [0.1, 0.15) is 11.2 Å². The first-order chi connectivity index (χ1) is 8.21. The minimum Gasteiger partial charge on any atom is -0.479 e. The molecule has 0 aromatic carbocycles. The standard InChI is InChI=1S/C12H19NO5/c1-11(2,3)18-10(16)13-6-12(7-13)5-4-8(17-12)9(14)15/h8H,4-7H2,1-3H3,(H,14,15)/t8-/m0/s1. The van der Waals surface area contributed by atoms with E-state index >= 15 is 0 Å². The number of nitrogens with zero attached hydrogens (tertiary/aromatic N) is 1. The number of ether oxygens (including phenoxy) is 2. The maximum Gasteiger partial charge on any atom is 0.410 e. The number of likely N-dealkylation sites (tertiary alicyclic amines) is 1. The van der Waals surface area contributed by atoms with Gasteiger partial charge >= 0.3 is 12.1 Å². The Kier molecular flexibility index (Phi) is 3.01. The first kappa shape index (κ1) is 13.1. The summed E-state index contributed by atoms with van der Waals surface area (Å²) in [4.78, 5) is 24.1. The van der Waals surface area contributed by atoms with Crippen molar-refractivity contribution < 1.29 is 24.2 Å². The van der Waals surface area contributed by atoms with Crippen molar-refractivity contribution in [3.05, 3.63) is 0 Å². The lowest BCUT2D eigenvalue weighted by Gasteiger charge is -2.47. The van der Waals surface area contributed by atoms with Crippen LogP contribution >= 0.6 is 0 Å². The monoisotopic (exact) mass is 257 g/mol. The van der Waals surface area contributed by atoms with E-state index in [-0.39, 0.29) is 6.09 Å². The Hall–Kier alpha value is -1.30. The van der Waals surface area contributed by atoms with Crippen LogP contribution in [0.3, 0.4) is 0 Å². The first-order valence-electron chi connectivity index (χ1n) is 6.09. The zero-order valence-corrected chi connectivity index (χ0v) is 10.9. The molecule has 2 heterocycles. The van der Waals surface area contributed by atoms with E-state index < -0.39 is 23.3 Å². The molecule has 6 nitrogen and oxygen atoms in total. The number of amides is 1. The fraction of sp³-hybridized carbons (Fsp3) is 0.833. The van der Waals surface area contributed by atoms with Gasteiger partial charge in [-0.2, -0.15) is 0 Å². The summed E-state index contributed by atoms with van der Waals surface area (Å²) in [6.07, 6.45) is 0.0992. The molecule has 0 radical (unpaired) electrons. The molecule has 6 heteroatoms. The third-order valence-corrected chi connectivity index (χ3v) is 3.14. The smallest absolute Gasteiger partial charge is 0.410 e. The summed E-state index contributed by atoms with van der Waals surface area (Å²) in [5, 5.41) is 8.86. The fourth-order valence-electron chi connectivity index (χ4n) is 2.33. The number of carboxylic acid groups (broad SMARTS) is 1. The summed E-state index contributed by atoms with van der Waals surface area (Å²) < 4.78 is 10.7. The summed E-state index contributed by atoms with van der Waals surface area (Å²) in [5.41, 5.74) is -0.972. The summed E-state index contributed by atoms with van der Waals surface area (Å²) in [6, 6.07) is 0. The molecule has 2 rings (SSSR count). The summed E-state index contributed by atoms with van der Waals surface area (Å²) in [7, 11) is 0. The van der Waals surface area contributed by atoms with Crippen LogP contribution < -0.4 is 0 Å². The highest BCUT2D eigenvalue weighted by atomic mass is 16.6. The molecule has 0 aromatic rings. The number of carboxylic acids is 1. The van der Waals surface area contributed by atoms with E-state index in [4.69, 9.17) is 14.6 Å². The number of hydrogen-bond acceptors (Lipinski definition) is 4. The van der Waals surface area contributed by atoms with Gasteiger partial charge in [-0.3, -0.25) is 0 Å². The zero-order valence-electron chi connectivity index (χ0n) is 10.9. The Labute approximate surface area is 106 Å². The molecular formula is C12H19NO5. The lowest BCUT2D eigenvalue weighted by atomic mass is 9.91. The third kappa shape index (κ3) is 2.58. The van der Waals surface area contributed by atoms with Gasteiger partial charge in [-0.15, -0.1) is 0 Å². The van der Waals surface area contributed by atoms with E-state index in [1.165, 1.54) is 0 Å². The molecule has 0 bridgehead atoms. The quantitative estimate of drug-likeness (QED) is 0.764. The molecule has 0 unspecified atom stereocenters. The van der Waals surface area contributed by atoms with E-state index in [0.29, 0.717) is 25.9 Å². The van der Waals surface area contributed by atoms with Crippen LogP contribution in [0.1, 0.15) is 33.6 Å². The first-order valence-corrected chi connectivity index (χ1v) is 6.09. The summed E-state index contributed by atoms with van der Waals surface area (Å²) in [6.45, 7) is 6.28. The minimum atomic E-state index is -0.928. The Morgan fingerprint density at radius 3 is 2.44 bits per heavy atom. The maximum absolute atomic E-state index is 11.7. The van der Waals surface area contributed by atoms with Crippen LogP contribution in [-0.2, 0) is 14.3 Å². The van der Waals surface area contributed by atoms with Crippen LogP contribution in [0, 0.1) is 0 Å². The van der Waals surface area contributed by atoms with Crippen molar-refractivity contribution in [3.8, 4) is 0 Å². The molecule has 1 amide bonds. The second-order valence-electron chi connectivity index (χ2n) is 6.00. The highest BCUT2D eigenvalue weighted by Crippen LogP contribution is 2.38. The van der Waals surface area contributed by atoms with E-state index in [1.807, 2.05) is 20.8 Å². The van der Waals surface area contributed by atoms with Crippen LogP contribution in [-0.4, -0.2) is 52.5 Å². The fourth-order valence-corrected chi connectivity index (χ4v) is 2.33. The lowest BCUT2D eigenvalue weighted by Crippen LogP contribution is -2.64. The predicted molar refractivity (Wildman–Crippen MR) is 62.3 cm³/mol. The number of aliphatic carboxylic acids is 1. The number of carbonyl (C=O) groups is 2. The molecule has 0 saturated carbocycles. The molecule has 1 atom stereocenters. The zero-order chi connectivity index (χ0) is 13.6. The van der Waals surface area contributed by atoms with Crippen LogP contribution in [0.25, 0.3) is 0 Å². The van der Waals surface area contributed by atoms with Gasteiger partial charge in [0.15, 0.2) is 6.10 Å². The van der Waals surface area contributed by atoms with E-state index in [9.17, 15) is 9.59 Å². The Morgan fingerprint density at radius 2 is 2.00 bits per heavy atom.